The predicted octanol–water partition coefficient (Wildman–Crippen LogP) is 2.72. The average molecular weight is 323 g/mol. The van der Waals surface area contributed by atoms with Crippen LogP contribution in [0.4, 0.5) is 0 Å². The lowest BCUT2D eigenvalue weighted by Crippen LogP contribution is -2.39. The van der Waals surface area contributed by atoms with Gasteiger partial charge in [0.1, 0.15) is 0 Å². The first-order chi connectivity index (χ1) is 9.13. The minimum Gasteiger partial charge on any atom is -0.337 e. The molecule has 3 nitrogen and oxygen atoms in total. The van der Waals surface area contributed by atoms with E-state index < -0.39 is 0 Å². The van der Waals surface area contributed by atoms with E-state index in [1.165, 1.54) is 12.8 Å². The van der Waals surface area contributed by atoms with Crippen molar-refractivity contribution in [1.29, 1.82) is 0 Å². The SMILES string of the molecule is Cc1ccc(C(=O)N2CCC3CCC(C2)N3)cc1Br. The van der Waals surface area contributed by atoms with Gasteiger partial charge >= 0.3 is 0 Å². The fourth-order valence-corrected chi connectivity index (χ4v) is 3.41. The second-order valence-corrected chi connectivity index (χ2v) is 6.50. The van der Waals surface area contributed by atoms with Gasteiger partial charge in [-0.15, -0.1) is 0 Å². The highest BCUT2D eigenvalue weighted by atomic mass is 79.9. The summed E-state index contributed by atoms with van der Waals surface area (Å²) in [6, 6.07) is 6.98. The zero-order valence-electron chi connectivity index (χ0n) is 11.2. The maximum Gasteiger partial charge on any atom is 0.253 e. The first-order valence-electron chi connectivity index (χ1n) is 6.95. The van der Waals surface area contributed by atoms with Crippen LogP contribution in [0.25, 0.3) is 0 Å². The van der Waals surface area contributed by atoms with Crippen LogP contribution in [0.2, 0.25) is 0 Å². The summed E-state index contributed by atoms with van der Waals surface area (Å²) in [4.78, 5) is 14.6. The number of aryl methyl sites for hydroxylation is 1. The van der Waals surface area contributed by atoms with Gasteiger partial charge in [0, 0.05) is 35.2 Å². The number of halogens is 1. The van der Waals surface area contributed by atoms with Gasteiger partial charge in [0.25, 0.3) is 5.91 Å². The summed E-state index contributed by atoms with van der Waals surface area (Å²) in [5.74, 6) is 0.162. The van der Waals surface area contributed by atoms with E-state index in [1.807, 2.05) is 30.0 Å². The number of nitrogens with zero attached hydrogens (tertiary/aromatic N) is 1. The standard InChI is InChI=1S/C15H19BrN2O/c1-10-2-3-11(8-14(10)16)15(19)18-7-6-12-4-5-13(9-18)17-12/h2-3,8,12-13,17H,4-7,9H2,1H3. The number of carbonyl (C=O) groups is 1. The Morgan fingerprint density at radius 3 is 2.89 bits per heavy atom. The van der Waals surface area contributed by atoms with Gasteiger partial charge in [-0.05, 0) is 43.9 Å². The van der Waals surface area contributed by atoms with E-state index in [-0.39, 0.29) is 5.91 Å². The van der Waals surface area contributed by atoms with Crippen LogP contribution >= 0.6 is 15.9 Å². The Morgan fingerprint density at radius 1 is 1.32 bits per heavy atom. The Labute approximate surface area is 122 Å². The number of rotatable bonds is 1. The van der Waals surface area contributed by atoms with Crippen molar-refractivity contribution in [2.24, 2.45) is 0 Å². The normalized spacial score (nSPS) is 26.3. The Bertz CT molecular complexity index is 503. The summed E-state index contributed by atoms with van der Waals surface area (Å²) < 4.78 is 1.01. The Morgan fingerprint density at radius 2 is 2.11 bits per heavy atom. The zero-order chi connectivity index (χ0) is 13.4. The second kappa shape index (κ2) is 5.25. The van der Waals surface area contributed by atoms with Crippen molar-refractivity contribution in [2.45, 2.75) is 38.3 Å². The zero-order valence-corrected chi connectivity index (χ0v) is 12.7. The first kappa shape index (κ1) is 13.1. The van der Waals surface area contributed by atoms with Crippen LogP contribution in [0.1, 0.15) is 35.2 Å². The number of hydrogen-bond donors (Lipinski definition) is 1. The van der Waals surface area contributed by atoms with E-state index in [9.17, 15) is 4.79 Å². The fraction of sp³-hybridized carbons (Fsp3) is 0.533. The van der Waals surface area contributed by atoms with Crippen LogP contribution in [0, 0.1) is 6.92 Å². The molecule has 0 saturated carbocycles. The van der Waals surface area contributed by atoms with Gasteiger partial charge in [0.2, 0.25) is 0 Å². The third-order valence-electron chi connectivity index (χ3n) is 4.23. The Balaban J connectivity index is 1.77. The van der Waals surface area contributed by atoms with Gasteiger partial charge in [-0.1, -0.05) is 22.0 Å². The van der Waals surface area contributed by atoms with Gasteiger partial charge in [-0.3, -0.25) is 4.79 Å². The average Bonchev–Trinajstić information content (AvgIpc) is 2.72. The number of fused-ring (bicyclic) bond motifs is 2. The van der Waals surface area contributed by atoms with E-state index in [4.69, 9.17) is 0 Å². The molecule has 2 aliphatic heterocycles. The number of amides is 1. The molecule has 1 aromatic rings. The highest BCUT2D eigenvalue weighted by Gasteiger charge is 2.31. The highest BCUT2D eigenvalue weighted by Crippen LogP contribution is 2.23. The molecule has 19 heavy (non-hydrogen) atoms. The summed E-state index contributed by atoms with van der Waals surface area (Å²) in [6.45, 7) is 3.76. The van der Waals surface area contributed by atoms with Gasteiger partial charge in [-0.2, -0.15) is 0 Å². The summed E-state index contributed by atoms with van der Waals surface area (Å²) >= 11 is 3.50. The van der Waals surface area contributed by atoms with E-state index in [0.29, 0.717) is 12.1 Å². The van der Waals surface area contributed by atoms with Crippen molar-refractivity contribution >= 4 is 21.8 Å². The lowest BCUT2D eigenvalue weighted by atomic mass is 10.1. The van der Waals surface area contributed by atoms with E-state index in [2.05, 4.69) is 21.2 Å². The molecular weight excluding hydrogens is 304 g/mol. The molecule has 2 bridgehead atoms. The van der Waals surface area contributed by atoms with E-state index in [0.717, 1.165) is 35.1 Å². The largest absolute Gasteiger partial charge is 0.337 e. The summed E-state index contributed by atoms with van der Waals surface area (Å²) in [5, 5.41) is 3.61. The molecule has 2 fully saturated rings. The number of hydrogen-bond acceptors (Lipinski definition) is 2. The summed E-state index contributed by atoms with van der Waals surface area (Å²) in [5.41, 5.74) is 1.95. The molecule has 2 saturated heterocycles. The quantitative estimate of drug-likeness (QED) is 0.862. The van der Waals surface area contributed by atoms with Crippen molar-refractivity contribution in [1.82, 2.24) is 10.2 Å². The number of likely N-dealkylation sites (tertiary alicyclic amines) is 1. The molecule has 0 radical (unpaired) electrons. The number of nitrogens with one attached hydrogen (secondary N) is 1. The van der Waals surface area contributed by atoms with Gasteiger partial charge in [0.15, 0.2) is 0 Å². The van der Waals surface area contributed by atoms with Crippen molar-refractivity contribution in [3.05, 3.63) is 33.8 Å². The maximum absolute atomic E-state index is 12.6. The Kier molecular flexibility index (Phi) is 3.63. The third-order valence-corrected chi connectivity index (χ3v) is 5.08. The van der Waals surface area contributed by atoms with Crippen LogP contribution in [-0.2, 0) is 0 Å². The summed E-state index contributed by atoms with van der Waals surface area (Å²) in [7, 11) is 0. The number of carbonyl (C=O) groups excluding carboxylic acids is 1. The first-order valence-corrected chi connectivity index (χ1v) is 7.74. The van der Waals surface area contributed by atoms with Crippen LogP contribution in [0.3, 0.4) is 0 Å². The lowest BCUT2D eigenvalue weighted by molar-refractivity contribution is 0.0748. The molecule has 1 amide bonds. The van der Waals surface area contributed by atoms with Crippen LogP contribution < -0.4 is 5.32 Å². The molecule has 2 unspecified atom stereocenters. The molecule has 2 aliphatic rings. The number of benzene rings is 1. The van der Waals surface area contributed by atoms with E-state index >= 15 is 0 Å². The minimum absolute atomic E-state index is 0.162. The third kappa shape index (κ3) is 2.70. The van der Waals surface area contributed by atoms with Crippen LogP contribution in [0.5, 0.6) is 0 Å². The molecule has 2 atom stereocenters. The molecule has 2 heterocycles. The lowest BCUT2D eigenvalue weighted by Gasteiger charge is -2.24. The van der Waals surface area contributed by atoms with Gasteiger partial charge in [-0.25, -0.2) is 0 Å². The molecule has 0 aliphatic carbocycles. The molecular formula is C15H19BrN2O. The molecule has 0 spiro atoms. The smallest absolute Gasteiger partial charge is 0.253 e. The molecule has 4 heteroatoms. The highest BCUT2D eigenvalue weighted by molar-refractivity contribution is 9.10. The van der Waals surface area contributed by atoms with Crippen molar-refractivity contribution in [3.63, 3.8) is 0 Å². The fourth-order valence-electron chi connectivity index (χ4n) is 3.04. The van der Waals surface area contributed by atoms with Crippen molar-refractivity contribution < 1.29 is 4.79 Å². The molecule has 3 rings (SSSR count). The maximum atomic E-state index is 12.6. The molecule has 102 valence electrons. The summed E-state index contributed by atoms with van der Waals surface area (Å²) in [6.07, 6.45) is 3.55. The molecule has 0 aromatic heterocycles. The second-order valence-electron chi connectivity index (χ2n) is 5.64. The van der Waals surface area contributed by atoms with Crippen LogP contribution in [0.15, 0.2) is 22.7 Å². The monoisotopic (exact) mass is 322 g/mol. The van der Waals surface area contributed by atoms with Crippen molar-refractivity contribution in [2.75, 3.05) is 13.1 Å². The molecule has 1 aromatic carbocycles. The van der Waals surface area contributed by atoms with Crippen LogP contribution in [-0.4, -0.2) is 36.0 Å². The topological polar surface area (TPSA) is 32.3 Å². The van der Waals surface area contributed by atoms with Gasteiger partial charge in [0.05, 0.1) is 0 Å². The van der Waals surface area contributed by atoms with Gasteiger partial charge < -0.3 is 10.2 Å². The molecule has 1 N–H and O–H groups in total. The minimum atomic E-state index is 0.162. The van der Waals surface area contributed by atoms with E-state index in [1.54, 1.807) is 0 Å². The Hall–Kier alpha value is -0.870. The predicted molar refractivity (Wildman–Crippen MR) is 79.3 cm³/mol. The van der Waals surface area contributed by atoms with Crippen molar-refractivity contribution in [3.8, 4) is 0 Å².